The molecule has 1 N–H and O–H groups in total. The number of rotatable bonds is 4. The number of amides is 1. The van der Waals surface area contributed by atoms with E-state index in [0.717, 1.165) is 11.1 Å². The van der Waals surface area contributed by atoms with Crippen molar-refractivity contribution in [1.82, 2.24) is 5.32 Å². The Morgan fingerprint density at radius 2 is 1.33 bits per heavy atom. The van der Waals surface area contributed by atoms with Gasteiger partial charge in [-0.2, -0.15) is 0 Å². The lowest BCUT2D eigenvalue weighted by Crippen LogP contribution is -2.31. The summed E-state index contributed by atoms with van der Waals surface area (Å²) in [5.74, 6) is 0.519. The molecular formula is C21H19NO2. The minimum absolute atomic E-state index is 0.261. The largest absolute Gasteiger partial charge is 0.413 e. The molecule has 1 atom stereocenters. The topological polar surface area (TPSA) is 38.3 Å². The van der Waals surface area contributed by atoms with E-state index in [1.807, 2.05) is 79.7 Å². The Morgan fingerprint density at radius 1 is 0.792 bits per heavy atom. The van der Waals surface area contributed by atoms with Crippen LogP contribution in [-0.2, 0) is 0 Å². The van der Waals surface area contributed by atoms with Crippen LogP contribution < -0.4 is 10.1 Å². The zero-order valence-corrected chi connectivity index (χ0v) is 13.5. The average molecular weight is 317 g/mol. The van der Waals surface area contributed by atoms with E-state index in [9.17, 15) is 4.79 Å². The van der Waals surface area contributed by atoms with E-state index in [1.165, 1.54) is 5.56 Å². The first-order valence-corrected chi connectivity index (χ1v) is 7.87. The molecule has 0 aromatic heterocycles. The van der Waals surface area contributed by atoms with Gasteiger partial charge in [0.25, 0.3) is 0 Å². The third kappa shape index (κ3) is 4.02. The number of nitrogens with one attached hydrogen (secondary N) is 1. The van der Waals surface area contributed by atoms with Crippen molar-refractivity contribution in [3.8, 4) is 5.75 Å². The molecule has 120 valence electrons. The zero-order chi connectivity index (χ0) is 16.8. The Balaban J connectivity index is 1.82. The van der Waals surface area contributed by atoms with Gasteiger partial charge in [-0.15, -0.1) is 0 Å². The first kappa shape index (κ1) is 15.8. The van der Waals surface area contributed by atoms with Gasteiger partial charge < -0.3 is 10.1 Å². The molecule has 0 heterocycles. The van der Waals surface area contributed by atoms with Gasteiger partial charge in [0, 0.05) is 0 Å². The summed E-state index contributed by atoms with van der Waals surface area (Å²) < 4.78 is 5.36. The van der Waals surface area contributed by atoms with E-state index in [2.05, 4.69) is 5.32 Å². The van der Waals surface area contributed by atoms with E-state index < -0.39 is 6.09 Å². The van der Waals surface area contributed by atoms with Crippen molar-refractivity contribution in [2.24, 2.45) is 0 Å². The van der Waals surface area contributed by atoms with Crippen molar-refractivity contribution in [2.75, 3.05) is 0 Å². The Labute approximate surface area is 141 Å². The third-order valence-electron chi connectivity index (χ3n) is 3.76. The summed E-state index contributed by atoms with van der Waals surface area (Å²) in [5.41, 5.74) is 3.20. The standard InChI is InChI=1S/C21H19NO2/c1-16-12-14-18(15-13-16)20(17-8-4-2-5-9-17)22-21(23)24-19-10-6-3-7-11-19/h2-15,20H,1H3,(H,22,23). The molecule has 3 aromatic rings. The van der Waals surface area contributed by atoms with E-state index >= 15 is 0 Å². The molecule has 0 aliphatic rings. The molecule has 0 saturated carbocycles. The third-order valence-corrected chi connectivity index (χ3v) is 3.76. The monoisotopic (exact) mass is 317 g/mol. The van der Waals surface area contributed by atoms with Gasteiger partial charge in [-0.25, -0.2) is 4.79 Å². The maximum absolute atomic E-state index is 12.3. The van der Waals surface area contributed by atoms with Gasteiger partial charge in [0.1, 0.15) is 5.75 Å². The molecule has 24 heavy (non-hydrogen) atoms. The number of para-hydroxylation sites is 1. The zero-order valence-electron chi connectivity index (χ0n) is 13.5. The van der Waals surface area contributed by atoms with E-state index in [1.54, 1.807) is 12.1 Å². The summed E-state index contributed by atoms with van der Waals surface area (Å²) in [7, 11) is 0. The van der Waals surface area contributed by atoms with Gasteiger partial charge in [0.15, 0.2) is 0 Å². The lowest BCUT2D eigenvalue weighted by atomic mass is 9.98. The molecule has 0 fully saturated rings. The van der Waals surface area contributed by atoms with Crippen molar-refractivity contribution in [2.45, 2.75) is 13.0 Å². The van der Waals surface area contributed by atoms with Crippen molar-refractivity contribution in [3.63, 3.8) is 0 Å². The first-order chi connectivity index (χ1) is 11.7. The Hall–Kier alpha value is -3.07. The second-order valence-corrected chi connectivity index (χ2v) is 5.60. The lowest BCUT2D eigenvalue weighted by Gasteiger charge is -2.19. The molecule has 0 aliphatic carbocycles. The summed E-state index contributed by atoms with van der Waals surface area (Å²) in [6.45, 7) is 2.04. The first-order valence-electron chi connectivity index (χ1n) is 7.87. The number of benzene rings is 3. The highest BCUT2D eigenvalue weighted by Crippen LogP contribution is 2.23. The fourth-order valence-electron chi connectivity index (χ4n) is 2.51. The average Bonchev–Trinajstić information content (AvgIpc) is 2.62. The Kier molecular flexibility index (Phi) is 4.92. The molecule has 3 nitrogen and oxygen atoms in total. The van der Waals surface area contributed by atoms with Crippen LogP contribution >= 0.6 is 0 Å². The molecule has 3 rings (SSSR count). The fourth-order valence-corrected chi connectivity index (χ4v) is 2.51. The van der Waals surface area contributed by atoms with Crippen LogP contribution in [0.2, 0.25) is 0 Å². The quantitative estimate of drug-likeness (QED) is 0.745. The number of hydrogen-bond acceptors (Lipinski definition) is 2. The fraction of sp³-hybridized carbons (Fsp3) is 0.0952. The predicted octanol–water partition coefficient (Wildman–Crippen LogP) is 4.87. The Morgan fingerprint density at radius 3 is 1.96 bits per heavy atom. The highest BCUT2D eigenvalue weighted by Gasteiger charge is 2.17. The normalized spacial score (nSPS) is 11.5. The van der Waals surface area contributed by atoms with Gasteiger partial charge in [-0.1, -0.05) is 78.4 Å². The van der Waals surface area contributed by atoms with Crippen LogP contribution in [0.3, 0.4) is 0 Å². The van der Waals surface area contributed by atoms with Crippen molar-refractivity contribution in [3.05, 3.63) is 102 Å². The van der Waals surface area contributed by atoms with Crippen LogP contribution in [0.5, 0.6) is 5.75 Å². The lowest BCUT2D eigenvalue weighted by molar-refractivity contribution is 0.198. The molecule has 1 unspecified atom stereocenters. The molecule has 0 saturated heterocycles. The second-order valence-electron chi connectivity index (χ2n) is 5.60. The number of carbonyl (C=O) groups is 1. The van der Waals surface area contributed by atoms with Crippen LogP contribution in [0.4, 0.5) is 4.79 Å². The van der Waals surface area contributed by atoms with E-state index in [-0.39, 0.29) is 6.04 Å². The van der Waals surface area contributed by atoms with E-state index in [0.29, 0.717) is 5.75 Å². The molecule has 0 aliphatic heterocycles. The number of aryl methyl sites for hydroxylation is 1. The SMILES string of the molecule is Cc1ccc(C(NC(=O)Oc2ccccc2)c2ccccc2)cc1. The van der Waals surface area contributed by atoms with Crippen LogP contribution in [0.15, 0.2) is 84.9 Å². The van der Waals surface area contributed by atoms with Gasteiger partial charge in [-0.3, -0.25) is 0 Å². The molecule has 3 aromatic carbocycles. The Bertz CT molecular complexity index is 783. The molecule has 1 amide bonds. The summed E-state index contributed by atoms with van der Waals surface area (Å²) in [4.78, 5) is 12.3. The second kappa shape index (κ2) is 7.47. The van der Waals surface area contributed by atoms with Gasteiger partial charge in [-0.05, 0) is 30.2 Å². The number of ether oxygens (including phenoxy) is 1. The van der Waals surface area contributed by atoms with Gasteiger partial charge in [0.2, 0.25) is 0 Å². The number of carbonyl (C=O) groups excluding carboxylic acids is 1. The molecule has 0 spiro atoms. The van der Waals surface area contributed by atoms with Gasteiger partial charge in [0.05, 0.1) is 6.04 Å². The molecule has 0 bridgehead atoms. The molecule has 3 heteroatoms. The van der Waals surface area contributed by atoms with Gasteiger partial charge >= 0.3 is 6.09 Å². The molecule has 0 radical (unpaired) electrons. The summed E-state index contributed by atoms with van der Waals surface area (Å²) in [5, 5.41) is 2.96. The smallest absolute Gasteiger partial charge is 0.410 e. The highest BCUT2D eigenvalue weighted by atomic mass is 16.6. The van der Waals surface area contributed by atoms with E-state index in [4.69, 9.17) is 4.74 Å². The minimum atomic E-state index is -0.476. The maximum Gasteiger partial charge on any atom is 0.413 e. The minimum Gasteiger partial charge on any atom is -0.410 e. The summed E-state index contributed by atoms with van der Waals surface area (Å²) in [6, 6.07) is 26.8. The highest BCUT2D eigenvalue weighted by molar-refractivity contribution is 5.71. The van der Waals surface area contributed by atoms with Crippen LogP contribution in [0.1, 0.15) is 22.7 Å². The predicted molar refractivity (Wildman–Crippen MR) is 95.1 cm³/mol. The van der Waals surface area contributed by atoms with Crippen molar-refractivity contribution >= 4 is 6.09 Å². The van der Waals surface area contributed by atoms with Crippen LogP contribution in [-0.4, -0.2) is 6.09 Å². The summed E-state index contributed by atoms with van der Waals surface area (Å²) in [6.07, 6.45) is -0.476. The maximum atomic E-state index is 12.3. The number of hydrogen-bond donors (Lipinski definition) is 1. The van der Waals surface area contributed by atoms with Crippen LogP contribution in [0, 0.1) is 6.92 Å². The van der Waals surface area contributed by atoms with Crippen molar-refractivity contribution < 1.29 is 9.53 Å². The van der Waals surface area contributed by atoms with Crippen LogP contribution in [0.25, 0.3) is 0 Å². The van der Waals surface area contributed by atoms with Crippen molar-refractivity contribution in [1.29, 1.82) is 0 Å². The summed E-state index contributed by atoms with van der Waals surface area (Å²) >= 11 is 0. The molecular weight excluding hydrogens is 298 g/mol.